The van der Waals surface area contributed by atoms with Gasteiger partial charge < -0.3 is 4.90 Å². The van der Waals surface area contributed by atoms with E-state index in [4.69, 9.17) is 0 Å². The summed E-state index contributed by atoms with van der Waals surface area (Å²) in [5.41, 5.74) is 2.38. The fourth-order valence-electron chi connectivity index (χ4n) is 2.47. The number of fused-ring (bicyclic) bond motifs is 1. The minimum atomic E-state index is -0.280. The standard InChI is InChI=1S/C15H17N5O2/c1-3-14(20-8-4-7-16-20)15(21)19(2)10-11-5-6-12-13(9-11)18-22-17-12/h4-9,14H,3,10H2,1-2H3/t14-/m0/s1. The summed E-state index contributed by atoms with van der Waals surface area (Å²) >= 11 is 0. The Morgan fingerprint density at radius 3 is 2.91 bits per heavy atom. The summed E-state index contributed by atoms with van der Waals surface area (Å²) in [6.45, 7) is 2.48. The zero-order valence-corrected chi connectivity index (χ0v) is 12.5. The van der Waals surface area contributed by atoms with Crippen LogP contribution in [-0.4, -0.2) is 37.9 Å². The zero-order chi connectivity index (χ0) is 15.5. The number of hydrogen-bond acceptors (Lipinski definition) is 5. The summed E-state index contributed by atoms with van der Waals surface area (Å²) in [6, 6.07) is 7.18. The number of carbonyl (C=O) groups excluding carboxylic acids is 1. The Kier molecular flexibility index (Phi) is 3.86. The molecule has 2 heterocycles. The number of rotatable bonds is 5. The smallest absolute Gasteiger partial charge is 0.247 e. The molecule has 1 aromatic carbocycles. The lowest BCUT2D eigenvalue weighted by Crippen LogP contribution is -2.34. The summed E-state index contributed by atoms with van der Waals surface area (Å²) < 4.78 is 6.38. The molecule has 0 spiro atoms. The molecule has 0 aliphatic carbocycles. The van der Waals surface area contributed by atoms with Crippen LogP contribution in [0.25, 0.3) is 11.0 Å². The number of benzene rings is 1. The first-order valence-corrected chi connectivity index (χ1v) is 7.14. The predicted molar refractivity (Wildman–Crippen MR) is 79.8 cm³/mol. The number of aromatic nitrogens is 4. The fourth-order valence-corrected chi connectivity index (χ4v) is 2.47. The normalized spacial score (nSPS) is 12.5. The summed E-state index contributed by atoms with van der Waals surface area (Å²) in [7, 11) is 1.79. The molecule has 0 aliphatic rings. The van der Waals surface area contributed by atoms with E-state index in [1.54, 1.807) is 22.8 Å². The highest BCUT2D eigenvalue weighted by Crippen LogP contribution is 2.17. The molecule has 0 N–H and O–H groups in total. The van der Waals surface area contributed by atoms with Crippen LogP contribution in [-0.2, 0) is 11.3 Å². The second-order valence-corrected chi connectivity index (χ2v) is 5.19. The van der Waals surface area contributed by atoms with E-state index in [9.17, 15) is 4.79 Å². The van der Waals surface area contributed by atoms with Gasteiger partial charge in [-0.1, -0.05) is 13.0 Å². The molecule has 7 nitrogen and oxygen atoms in total. The molecule has 0 saturated carbocycles. The molecule has 22 heavy (non-hydrogen) atoms. The van der Waals surface area contributed by atoms with Crippen LogP contribution in [0.1, 0.15) is 24.9 Å². The molecule has 0 radical (unpaired) electrons. The third kappa shape index (κ3) is 2.69. The molecule has 0 saturated heterocycles. The highest BCUT2D eigenvalue weighted by molar-refractivity contribution is 5.80. The van der Waals surface area contributed by atoms with E-state index in [0.717, 1.165) is 5.56 Å². The van der Waals surface area contributed by atoms with E-state index in [0.29, 0.717) is 24.0 Å². The van der Waals surface area contributed by atoms with Crippen molar-refractivity contribution in [2.75, 3.05) is 7.05 Å². The monoisotopic (exact) mass is 299 g/mol. The molecule has 0 unspecified atom stereocenters. The van der Waals surface area contributed by atoms with Crippen molar-refractivity contribution in [3.05, 3.63) is 42.2 Å². The molecule has 7 heteroatoms. The minimum Gasteiger partial charge on any atom is -0.340 e. The topological polar surface area (TPSA) is 77.0 Å². The van der Waals surface area contributed by atoms with E-state index >= 15 is 0 Å². The van der Waals surface area contributed by atoms with Crippen LogP contribution in [0.5, 0.6) is 0 Å². The molecule has 3 rings (SSSR count). The number of carbonyl (C=O) groups is 1. The van der Waals surface area contributed by atoms with Crippen molar-refractivity contribution in [1.29, 1.82) is 0 Å². The SMILES string of the molecule is CC[C@@H](C(=O)N(C)Cc1ccc2nonc2c1)n1cccn1. The maximum absolute atomic E-state index is 12.6. The van der Waals surface area contributed by atoms with Crippen molar-refractivity contribution >= 4 is 16.9 Å². The van der Waals surface area contributed by atoms with Crippen molar-refractivity contribution in [3.8, 4) is 0 Å². The molecular weight excluding hydrogens is 282 g/mol. The van der Waals surface area contributed by atoms with E-state index in [2.05, 4.69) is 20.0 Å². The highest BCUT2D eigenvalue weighted by Gasteiger charge is 2.22. The second kappa shape index (κ2) is 5.97. The van der Waals surface area contributed by atoms with Gasteiger partial charge in [-0.2, -0.15) is 5.10 Å². The van der Waals surface area contributed by atoms with Crippen LogP contribution in [0.15, 0.2) is 41.3 Å². The Bertz CT molecular complexity index is 765. The second-order valence-electron chi connectivity index (χ2n) is 5.19. The van der Waals surface area contributed by atoms with Crippen molar-refractivity contribution in [2.24, 2.45) is 0 Å². The highest BCUT2D eigenvalue weighted by atomic mass is 16.6. The lowest BCUT2D eigenvalue weighted by Gasteiger charge is -2.23. The first-order valence-electron chi connectivity index (χ1n) is 7.14. The van der Waals surface area contributed by atoms with Crippen LogP contribution in [0, 0.1) is 0 Å². The molecule has 114 valence electrons. The van der Waals surface area contributed by atoms with E-state index < -0.39 is 0 Å². The summed E-state index contributed by atoms with van der Waals surface area (Å²) in [6.07, 6.45) is 4.19. The maximum Gasteiger partial charge on any atom is 0.247 e. The van der Waals surface area contributed by atoms with Gasteiger partial charge in [-0.15, -0.1) is 0 Å². The number of likely N-dealkylation sites (N-methyl/N-ethyl adjacent to an activating group) is 1. The largest absolute Gasteiger partial charge is 0.340 e. The summed E-state index contributed by atoms with van der Waals surface area (Å²) in [5, 5.41) is 11.8. The number of nitrogens with zero attached hydrogens (tertiary/aromatic N) is 5. The Hall–Kier alpha value is -2.70. The Morgan fingerprint density at radius 2 is 2.18 bits per heavy atom. The van der Waals surface area contributed by atoms with Crippen LogP contribution in [0.2, 0.25) is 0 Å². The fraction of sp³-hybridized carbons (Fsp3) is 0.333. The molecule has 2 aromatic heterocycles. The lowest BCUT2D eigenvalue weighted by molar-refractivity contribution is -0.134. The van der Waals surface area contributed by atoms with Crippen LogP contribution in [0.3, 0.4) is 0 Å². The van der Waals surface area contributed by atoms with Crippen LogP contribution >= 0.6 is 0 Å². The van der Waals surface area contributed by atoms with Gasteiger partial charge in [0.1, 0.15) is 17.1 Å². The van der Waals surface area contributed by atoms with Gasteiger partial charge in [0.05, 0.1) is 0 Å². The van der Waals surface area contributed by atoms with Crippen molar-refractivity contribution in [3.63, 3.8) is 0 Å². The van der Waals surface area contributed by atoms with Gasteiger partial charge in [-0.3, -0.25) is 9.48 Å². The lowest BCUT2D eigenvalue weighted by atomic mass is 10.1. The maximum atomic E-state index is 12.6. The van der Waals surface area contributed by atoms with Crippen molar-refractivity contribution in [1.82, 2.24) is 25.0 Å². The number of hydrogen-bond donors (Lipinski definition) is 0. The van der Waals surface area contributed by atoms with E-state index in [1.807, 2.05) is 37.4 Å². The Morgan fingerprint density at radius 1 is 1.36 bits per heavy atom. The molecule has 0 bridgehead atoms. The average Bonchev–Trinajstić information content (AvgIpc) is 3.18. The van der Waals surface area contributed by atoms with Gasteiger partial charge in [-0.25, -0.2) is 4.63 Å². The third-order valence-corrected chi connectivity index (χ3v) is 3.63. The van der Waals surface area contributed by atoms with Crippen molar-refractivity contribution in [2.45, 2.75) is 25.9 Å². The predicted octanol–water partition coefficient (Wildman–Crippen LogP) is 2.03. The molecule has 0 fully saturated rings. The first kappa shape index (κ1) is 14.2. The molecule has 1 atom stereocenters. The van der Waals surface area contributed by atoms with Gasteiger partial charge >= 0.3 is 0 Å². The van der Waals surface area contributed by atoms with Gasteiger partial charge in [0.25, 0.3) is 0 Å². The van der Waals surface area contributed by atoms with E-state index in [-0.39, 0.29) is 11.9 Å². The first-order chi connectivity index (χ1) is 10.7. The molecule has 1 amide bonds. The quantitative estimate of drug-likeness (QED) is 0.720. The van der Waals surface area contributed by atoms with Gasteiger partial charge in [0, 0.05) is 26.0 Å². The number of amides is 1. The van der Waals surface area contributed by atoms with Gasteiger partial charge in [-0.05, 0) is 40.5 Å². The van der Waals surface area contributed by atoms with E-state index in [1.165, 1.54) is 0 Å². The van der Waals surface area contributed by atoms with Gasteiger partial charge in [0.15, 0.2) is 0 Å². The summed E-state index contributed by atoms with van der Waals surface area (Å²) in [5.74, 6) is 0.0320. The molecule has 3 aromatic rings. The van der Waals surface area contributed by atoms with Gasteiger partial charge in [0.2, 0.25) is 5.91 Å². The average molecular weight is 299 g/mol. The minimum absolute atomic E-state index is 0.0320. The molecular formula is C15H17N5O2. The van der Waals surface area contributed by atoms with Crippen LogP contribution < -0.4 is 0 Å². The third-order valence-electron chi connectivity index (χ3n) is 3.63. The Balaban J connectivity index is 1.75. The Labute approximate surface area is 127 Å². The zero-order valence-electron chi connectivity index (χ0n) is 12.5. The molecule has 0 aliphatic heterocycles. The summed E-state index contributed by atoms with van der Waals surface area (Å²) in [4.78, 5) is 14.3. The van der Waals surface area contributed by atoms with Crippen LogP contribution in [0.4, 0.5) is 0 Å². The van der Waals surface area contributed by atoms with Crippen molar-refractivity contribution < 1.29 is 9.42 Å².